The lowest BCUT2D eigenvalue weighted by molar-refractivity contribution is 0.0993. The van der Waals surface area contributed by atoms with Gasteiger partial charge < -0.3 is 0 Å². The maximum absolute atomic E-state index is 12.7. The maximum Gasteiger partial charge on any atom is 0.167 e. The third-order valence-corrected chi connectivity index (χ3v) is 4.69. The lowest BCUT2D eigenvalue weighted by Gasteiger charge is -2.11. The SMILES string of the molecule is CCc1cc(CC(=O)c2ccc(C)c(C)c2)cc(C2C=CN=C2)c1. The van der Waals surface area contributed by atoms with Crippen LogP contribution in [0.25, 0.3) is 0 Å². The predicted molar refractivity (Wildman–Crippen MR) is 100 cm³/mol. The van der Waals surface area contributed by atoms with E-state index in [1.54, 1.807) is 0 Å². The molecule has 1 atom stereocenters. The normalized spacial score (nSPS) is 15.9. The van der Waals surface area contributed by atoms with Gasteiger partial charge in [-0.1, -0.05) is 43.3 Å². The number of benzene rings is 2. The zero-order valence-electron chi connectivity index (χ0n) is 14.5. The molecule has 0 saturated heterocycles. The van der Waals surface area contributed by atoms with Crippen molar-refractivity contribution >= 4 is 12.0 Å². The molecule has 24 heavy (non-hydrogen) atoms. The fourth-order valence-corrected chi connectivity index (χ4v) is 3.02. The quantitative estimate of drug-likeness (QED) is 0.716. The summed E-state index contributed by atoms with van der Waals surface area (Å²) in [5.74, 6) is 0.403. The molecule has 0 fully saturated rings. The molecule has 1 aliphatic heterocycles. The van der Waals surface area contributed by atoms with Crippen LogP contribution in [0.5, 0.6) is 0 Å². The third-order valence-electron chi connectivity index (χ3n) is 4.69. The van der Waals surface area contributed by atoms with Gasteiger partial charge in [0.05, 0.1) is 0 Å². The van der Waals surface area contributed by atoms with E-state index in [1.807, 2.05) is 37.5 Å². The number of hydrogen-bond donors (Lipinski definition) is 0. The van der Waals surface area contributed by atoms with Crippen LogP contribution in [0.1, 0.15) is 51.0 Å². The Labute approximate surface area is 143 Å². The molecule has 2 nitrogen and oxygen atoms in total. The van der Waals surface area contributed by atoms with Crippen LogP contribution >= 0.6 is 0 Å². The van der Waals surface area contributed by atoms with Crippen LogP contribution in [0.15, 0.2) is 53.7 Å². The van der Waals surface area contributed by atoms with E-state index in [0.717, 1.165) is 23.1 Å². The first-order chi connectivity index (χ1) is 11.6. The monoisotopic (exact) mass is 317 g/mol. The van der Waals surface area contributed by atoms with Crippen LogP contribution in [-0.4, -0.2) is 12.0 Å². The third kappa shape index (κ3) is 3.53. The number of ketones is 1. The Morgan fingerprint density at radius 2 is 1.83 bits per heavy atom. The van der Waals surface area contributed by atoms with E-state index in [0.29, 0.717) is 6.42 Å². The summed E-state index contributed by atoms with van der Waals surface area (Å²) >= 11 is 0. The van der Waals surface area contributed by atoms with E-state index in [4.69, 9.17) is 0 Å². The molecular weight excluding hydrogens is 294 g/mol. The molecule has 1 unspecified atom stereocenters. The molecule has 1 aliphatic rings. The van der Waals surface area contributed by atoms with E-state index in [2.05, 4.69) is 43.1 Å². The minimum absolute atomic E-state index is 0.174. The Balaban J connectivity index is 1.87. The molecule has 3 rings (SSSR count). The van der Waals surface area contributed by atoms with E-state index < -0.39 is 0 Å². The number of aliphatic imine (C=N–C) groups is 1. The Morgan fingerprint density at radius 1 is 1.04 bits per heavy atom. The summed E-state index contributed by atoms with van der Waals surface area (Å²) in [6, 6.07) is 12.5. The molecule has 0 aromatic heterocycles. The van der Waals surface area contributed by atoms with Crippen LogP contribution in [0, 0.1) is 13.8 Å². The second-order valence-electron chi connectivity index (χ2n) is 6.50. The molecule has 0 bridgehead atoms. The second kappa shape index (κ2) is 6.96. The number of allylic oxidation sites excluding steroid dienone is 1. The number of carbonyl (C=O) groups excluding carboxylic acids is 1. The minimum Gasteiger partial charge on any atom is -0.294 e. The van der Waals surface area contributed by atoms with Gasteiger partial charge in [-0.15, -0.1) is 0 Å². The largest absolute Gasteiger partial charge is 0.294 e. The highest BCUT2D eigenvalue weighted by Gasteiger charge is 2.13. The summed E-state index contributed by atoms with van der Waals surface area (Å²) in [6.07, 6.45) is 7.28. The van der Waals surface area contributed by atoms with Crippen molar-refractivity contribution in [3.8, 4) is 0 Å². The Bertz CT molecular complexity index is 818. The molecule has 0 saturated carbocycles. The van der Waals surface area contributed by atoms with Crippen LogP contribution in [0.4, 0.5) is 0 Å². The van der Waals surface area contributed by atoms with Gasteiger partial charge in [0.1, 0.15) is 0 Å². The summed E-state index contributed by atoms with van der Waals surface area (Å²) < 4.78 is 0. The van der Waals surface area contributed by atoms with Crippen LogP contribution in [0.3, 0.4) is 0 Å². The van der Waals surface area contributed by atoms with Gasteiger partial charge in [-0.3, -0.25) is 9.79 Å². The Hall–Kier alpha value is -2.48. The van der Waals surface area contributed by atoms with E-state index in [1.165, 1.54) is 16.7 Å². The molecule has 0 spiro atoms. The van der Waals surface area contributed by atoms with Gasteiger partial charge in [0.2, 0.25) is 0 Å². The van der Waals surface area contributed by atoms with Gasteiger partial charge in [-0.05, 0) is 54.2 Å². The number of rotatable bonds is 5. The van der Waals surface area contributed by atoms with Gasteiger partial charge >= 0.3 is 0 Å². The smallest absolute Gasteiger partial charge is 0.167 e. The molecule has 0 amide bonds. The first kappa shape index (κ1) is 16.4. The van der Waals surface area contributed by atoms with Crippen LogP contribution < -0.4 is 0 Å². The van der Waals surface area contributed by atoms with Crippen molar-refractivity contribution in [3.05, 3.63) is 82.1 Å². The van der Waals surface area contributed by atoms with Crippen molar-refractivity contribution in [2.75, 3.05) is 0 Å². The molecule has 1 heterocycles. The Kier molecular flexibility index (Phi) is 4.75. The molecule has 0 radical (unpaired) electrons. The highest BCUT2D eigenvalue weighted by atomic mass is 16.1. The van der Waals surface area contributed by atoms with Crippen LogP contribution in [0.2, 0.25) is 0 Å². The zero-order chi connectivity index (χ0) is 17.1. The molecule has 0 aliphatic carbocycles. The number of nitrogens with zero attached hydrogens (tertiary/aromatic N) is 1. The van der Waals surface area contributed by atoms with Crippen molar-refractivity contribution in [2.45, 2.75) is 39.5 Å². The molecule has 0 N–H and O–H groups in total. The highest BCUT2D eigenvalue weighted by molar-refractivity contribution is 5.97. The average molecular weight is 317 g/mol. The highest BCUT2D eigenvalue weighted by Crippen LogP contribution is 2.23. The second-order valence-corrected chi connectivity index (χ2v) is 6.50. The van der Waals surface area contributed by atoms with Crippen molar-refractivity contribution in [2.24, 2.45) is 4.99 Å². The van der Waals surface area contributed by atoms with Crippen LogP contribution in [-0.2, 0) is 12.8 Å². The van der Waals surface area contributed by atoms with Gasteiger partial charge in [-0.2, -0.15) is 0 Å². The van der Waals surface area contributed by atoms with Crippen molar-refractivity contribution in [1.82, 2.24) is 0 Å². The van der Waals surface area contributed by atoms with Gasteiger partial charge in [0.15, 0.2) is 5.78 Å². The summed E-state index contributed by atoms with van der Waals surface area (Å²) in [7, 11) is 0. The van der Waals surface area contributed by atoms with Crippen molar-refractivity contribution in [1.29, 1.82) is 0 Å². The van der Waals surface area contributed by atoms with E-state index in [-0.39, 0.29) is 11.7 Å². The lowest BCUT2D eigenvalue weighted by atomic mass is 9.92. The molecule has 2 heteroatoms. The number of Topliss-reactive ketones (excluding diaryl/α,β-unsaturated/α-hetero) is 1. The first-order valence-electron chi connectivity index (χ1n) is 8.50. The topological polar surface area (TPSA) is 29.4 Å². The van der Waals surface area contributed by atoms with Crippen molar-refractivity contribution in [3.63, 3.8) is 0 Å². The summed E-state index contributed by atoms with van der Waals surface area (Å²) in [5.41, 5.74) is 6.74. The zero-order valence-corrected chi connectivity index (χ0v) is 14.5. The summed E-state index contributed by atoms with van der Waals surface area (Å²) in [6.45, 7) is 6.26. The van der Waals surface area contributed by atoms with E-state index in [9.17, 15) is 4.79 Å². The van der Waals surface area contributed by atoms with Gasteiger partial charge in [-0.25, -0.2) is 0 Å². The number of aryl methyl sites for hydroxylation is 3. The van der Waals surface area contributed by atoms with E-state index >= 15 is 0 Å². The maximum atomic E-state index is 12.7. The average Bonchev–Trinajstić information content (AvgIpc) is 3.11. The van der Waals surface area contributed by atoms with Gasteiger partial charge in [0, 0.05) is 30.3 Å². The van der Waals surface area contributed by atoms with Crippen molar-refractivity contribution < 1.29 is 4.79 Å². The lowest BCUT2D eigenvalue weighted by Crippen LogP contribution is -2.06. The Morgan fingerprint density at radius 3 is 2.50 bits per heavy atom. The molecular formula is C22H23NO. The fourth-order valence-electron chi connectivity index (χ4n) is 3.02. The molecule has 122 valence electrons. The first-order valence-corrected chi connectivity index (χ1v) is 8.50. The fraction of sp³-hybridized carbons (Fsp3) is 0.273. The molecule has 2 aromatic rings. The van der Waals surface area contributed by atoms with Gasteiger partial charge in [0.25, 0.3) is 0 Å². The minimum atomic E-state index is 0.174. The standard InChI is InChI=1S/C22H23NO/c1-4-17-10-18(12-21(11-17)20-7-8-23-14-20)13-22(24)19-6-5-15(2)16(3)9-19/h5-12,14,20H,4,13H2,1-3H3. The predicted octanol–water partition coefficient (Wildman–Crippen LogP) is 4.97. The number of carbonyl (C=O) groups is 1. The summed E-state index contributed by atoms with van der Waals surface area (Å²) in [5, 5.41) is 0. The molecule has 2 aromatic carbocycles. The number of hydrogen-bond acceptors (Lipinski definition) is 2. The summed E-state index contributed by atoms with van der Waals surface area (Å²) in [4.78, 5) is 16.8.